The van der Waals surface area contributed by atoms with Crippen molar-refractivity contribution < 1.29 is 8.42 Å². The Kier molecular flexibility index (Phi) is 4.37. The van der Waals surface area contributed by atoms with Gasteiger partial charge >= 0.3 is 0 Å². The minimum absolute atomic E-state index is 0.436. The van der Waals surface area contributed by atoms with Crippen molar-refractivity contribution in [3.63, 3.8) is 0 Å². The molecule has 0 spiro atoms. The van der Waals surface area contributed by atoms with Gasteiger partial charge in [-0.25, -0.2) is 8.42 Å². The lowest BCUT2D eigenvalue weighted by atomic mass is 10.1. The van der Waals surface area contributed by atoms with Crippen LogP contribution in [0.5, 0.6) is 0 Å². The summed E-state index contributed by atoms with van der Waals surface area (Å²) in [6.45, 7) is 3.34. The van der Waals surface area contributed by atoms with Crippen LogP contribution in [0.4, 0.5) is 0 Å². The average Bonchev–Trinajstić information content (AvgIpc) is 3.06. The number of piperidine rings is 2. The van der Waals surface area contributed by atoms with Crippen LogP contribution in [0.3, 0.4) is 0 Å². The Morgan fingerprint density at radius 1 is 1.00 bits per heavy atom. The largest absolute Gasteiger partial charge is 0.344 e. The highest BCUT2D eigenvalue weighted by Crippen LogP contribution is 2.29. The number of hydrogen-bond acceptors (Lipinski definition) is 3. The van der Waals surface area contributed by atoms with E-state index in [-0.39, 0.29) is 0 Å². The fraction of sp³-hybridized carbons (Fsp3) is 0.556. The van der Waals surface area contributed by atoms with Crippen molar-refractivity contribution in [2.24, 2.45) is 0 Å². The topological polar surface area (TPSA) is 54.3 Å². The summed E-state index contributed by atoms with van der Waals surface area (Å²) in [5, 5.41) is 4.50. The smallest absolute Gasteiger partial charge is 0.243 e. The second kappa shape index (κ2) is 6.50. The van der Waals surface area contributed by atoms with E-state index in [1.165, 1.54) is 0 Å². The summed E-state index contributed by atoms with van der Waals surface area (Å²) in [5.41, 5.74) is 1.04. The van der Waals surface area contributed by atoms with Crippen LogP contribution in [-0.2, 0) is 10.0 Å². The van der Waals surface area contributed by atoms with E-state index < -0.39 is 10.0 Å². The molecule has 1 aromatic heterocycles. The van der Waals surface area contributed by atoms with Gasteiger partial charge < -0.3 is 9.88 Å². The van der Waals surface area contributed by atoms with Crippen LogP contribution in [-0.4, -0.2) is 43.5 Å². The quantitative estimate of drug-likeness (QED) is 0.929. The van der Waals surface area contributed by atoms with Crippen LogP contribution in [0.25, 0.3) is 10.9 Å². The van der Waals surface area contributed by atoms with Gasteiger partial charge in [-0.15, -0.1) is 0 Å². The zero-order valence-corrected chi connectivity index (χ0v) is 14.8. The molecule has 4 rings (SSSR count). The molecule has 0 amide bonds. The third-order valence-electron chi connectivity index (χ3n) is 5.35. The summed E-state index contributed by atoms with van der Waals surface area (Å²) in [6, 6.07) is 8.13. The molecule has 1 aromatic carbocycles. The van der Waals surface area contributed by atoms with Crippen LogP contribution in [0.15, 0.2) is 35.4 Å². The van der Waals surface area contributed by atoms with Crippen LogP contribution < -0.4 is 5.32 Å². The van der Waals surface area contributed by atoms with Crippen LogP contribution in [0, 0.1) is 0 Å². The molecule has 1 N–H and O–H groups in total. The number of fused-ring (bicyclic) bond motifs is 1. The molecule has 2 aromatic rings. The Morgan fingerprint density at radius 2 is 1.75 bits per heavy atom. The van der Waals surface area contributed by atoms with Crippen molar-refractivity contribution in [3.05, 3.63) is 30.5 Å². The zero-order chi connectivity index (χ0) is 16.6. The first-order valence-corrected chi connectivity index (χ1v) is 10.4. The average molecular weight is 347 g/mol. The number of hydrogen-bond donors (Lipinski definition) is 1. The van der Waals surface area contributed by atoms with Crippen molar-refractivity contribution in [2.45, 2.75) is 43.0 Å². The number of nitrogens with one attached hydrogen (secondary N) is 1. The SMILES string of the molecule is O=S(=O)(c1ccc2ccn(C3CCNCC3)c2c1)N1CCCCC1. The van der Waals surface area contributed by atoms with E-state index in [1.807, 2.05) is 12.1 Å². The number of sulfonamides is 1. The van der Waals surface area contributed by atoms with Gasteiger partial charge in [0, 0.05) is 30.8 Å². The molecule has 5 nitrogen and oxygen atoms in total. The van der Waals surface area contributed by atoms with E-state index >= 15 is 0 Å². The highest BCUT2D eigenvalue weighted by molar-refractivity contribution is 7.89. The summed E-state index contributed by atoms with van der Waals surface area (Å²) < 4.78 is 29.8. The minimum atomic E-state index is -3.37. The van der Waals surface area contributed by atoms with Gasteiger partial charge in [0.2, 0.25) is 10.0 Å². The molecule has 0 atom stereocenters. The highest BCUT2D eigenvalue weighted by atomic mass is 32.2. The second-order valence-electron chi connectivity index (χ2n) is 6.89. The molecule has 3 heterocycles. The first-order chi connectivity index (χ1) is 11.7. The molecule has 24 heavy (non-hydrogen) atoms. The molecular weight excluding hydrogens is 322 g/mol. The van der Waals surface area contributed by atoms with Gasteiger partial charge in [0.25, 0.3) is 0 Å². The van der Waals surface area contributed by atoms with E-state index in [0.29, 0.717) is 24.0 Å². The van der Waals surface area contributed by atoms with Crippen LogP contribution in [0.1, 0.15) is 38.1 Å². The molecule has 0 unspecified atom stereocenters. The van der Waals surface area contributed by atoms with E-state index in [0.717, 1.165) is 56.1 Å². The van der Waals surface area contributed by atoms with Crippen molar-refractivity contribution in [1.82, 2.24) is 14.2 Å². The summed E-state index contributed by atoms with van der Waals surface area (Å²) in [5.74, 6) is 0. The maximum Gasteiger partial charge on any atom is 0.243 e. The molecule has 2 aliphatic rings. The second-order valence-corrected chi connectivity index (χ2v) is 8.83. The van der Waals surface area contributed by atoms with Gasteiger partial charge in [0.15, 0.2) is 0 Å². The molecule has 0 saturated carbocycles. The Hall–Kier alpha value is -1.37. The van der Waals surface area contributed by atoms with Gasteiger partial charge in [0.05, 0.1) is 4.90 Å². The molecule has 0 radical (unpaired) electrons. The number of rotatable bonds is 3. The number of aromatic nitrogens is 1. The minimum Gasteiger partial charge on any atom is -0.344 e. The molecule has 130 valence electrons. The normalized spacial score (nSPS) is 21.3. The van der Waals surface area contributed by atoms with Gasteiger partial charge in [-0.05, 0) is 62.4 Å². The third-order valence-corrected chi connectivity index (χ3v) is 7.24. The van der Waals surface area contributed by atoms with Gasteiger partial charge in [-0.1, -0.05) is 12.5 Å². The van der Waals surface area contributed by atoms with Crippen LogP contribution in [0.2, 0.25) is 0 Å². The fourth-order valence-electron chi connectivity index (χ4n) is 3.95. The van der Waals surface area contributed by atoms with Crippen molar-refractivity contribution in [3.8, 4) is 0 Å². The lowest BCUT2D eigenvalue weighted by molar-refractivity contribution is 0.346. The highest BCUT2D eigenvalue weighted by Gasteiger charge is 2.26. The van der Waals surface area contributed by atoms with E-state index in [2.05, 4.69) is 22.1 Å². The van der Waals surface area contributed by atoms with Crippen molar-refractivity contribution >= 4 is 20.9 Å². The van der Waals surface area contributed by atoms with E-state index in [1.54, 1.807) is 10.4 Å². The predicted molar refractivity (Wildman–Crippen MR) is 95.7 cm³/mol. The van der Waals surface area contributed by atoms with E-state index in [9.17, 15) is 8.42 Å². The molecular formula is C18H25N3O2S. The van der Waals surface area contributed by atoms with Gasteiger partial charge in [-0.3, -0.25) is 0 Å². The van der Waals surface area contributed by atoms with Crippen molar-refractivity contribution in [1.29, 1.82) is 0 Å². The first kappa shape index (κ1) is 16.1. The molecule has 0 aliphatic carbocycles. The monoisotopic (exact) mass is 347 g/mol. The third kappa shape index (κ3) is 2.87. The summed E-state index contributed by atoms with van der Waals surface area (Å²) >= 11 is 0. The molecule has 2 fully saturated rings. The zero-order valence-electron chi connectivity index (χ0n) is 13.9. The standard InChI is InChI=1S/C18H25N3O2S/c22-24(23,20-11-2-1-3-12-20)17-5-4-15-8-13-21(18(15)14-17)16-6-9-19-10-7-16/h4-5,8,13-14,16,19H,1-3,6-7,9-12H2. The Morgan fingerprint density at radius 3 is 2.50 bits per heavy atom. The predicted octanol–water partition coefficient (Wildman–Crippen LogP) is 2.74. The first-order valence-electron chi connectivity index (χ1n) is 8.98. The maximum atomic E-state index is 12.9. The van der Waals surface area contributed by atoms with Crippen molar-refractivity contribution in [2.75, 3.05) is 26.2 Å². The van der Waals surface area contributed by atoms with Gasteiger partial charge in [-0.2, -0.15) is 4.31 Å². The molecule has 2 saturated heterocycles. The number of benzene rings is 1. The lowest BCUT2D eigenvalue weighted by Crippen LogP contribution is -2.35. The Labute approximate surface area is 143 Å². The number of nitrogens with zero attached hydrogens (tertiary/aromatic N) is 2. The summed E-state index contributed by atoms with van der Waals surface area (Å²) in [4.78, 5) is 0.436. The van der Waals surface area contributed by atoms with Gasteiger partial charge in [0.1, 0.15) is 0 Å². The van der Waals surface area contributed by atoms with Crippen LogP contribution >= 0.6 is 0 Å². The molecule has 0 bridgehead atoms. The molecule has 6 heteroatoms. The summed E-state index contributed by atoms with van der Waals surface area (Å²) in [7, 11) is -3.37. The van der Waals surface area contributed by atoms with E-state index in [4.69, 9.17) is 0 Å². The molecule has 2 aliphatic heterocycles. The maximum absolute atomic E-state index is 12.9. The Balaban J connectivity index is 1.71. The lowest BCUT2D eigenvalue weighted by Gasteiger charge is -2.27. The summed E-state index contributed by atoms with van der Waals surface area (Å²) in [6.07, 6.45) is 7.35. The Bertz CT molecular complexity index is 816. The fourth-order valence-corrected chi connectivity index (χ4v) is 5.48.